The lowest BCUT2D eigenvalue weighted by molar-refractivity contribution is -0.133. The molecule has 1 aliphatic heterocycles. The number of hydrogen-bond donors (Lipinski definition) is 1. The zero-order valence-electron chi connectivity index (χ0n) is 8.32. The van der Waals surface area contributed by atoms with Gasteiger partial charge in [0.15, 0.2) is 0 Å². The van der Waals surface area contributed by atoms with E-state index < -0.39 is 0 Å². The fourth-order valence-electron chi connectivity index (χ4n) is 1.78. The SMILES string of the molecule is CC1OC(C)C(N(C)C)CC1O. The van der Waals surface area contributed by atoms with Crippen molar-refractivity contribution in [2.45, 2.75) is 44.6 Å². The highest BCUT2D eigenvalue weighted by Crippen LogP contribution is 2.22. The van der Waals surface area contributed by atoms with Gasteiger partial charge in [0.1, 0.15) is 0 Å². The molecule has 0 spiro atoms. The molecule has 12 heavy (non-hydrogen) atoms. The van der Waals surface area contributed by atoms with Crippen molar-refractivity contribution in [3.05, 3.63) is 0 Å². The van der Waals surface area contributed by atoms with Crippen molar-refractivity contribution in [1.29, 1.82) is 0 Å². The van der Waals surface area contributed by atoms with Crippen LogP contribution in [0.5, 0.6) is 0 Å². The Kier molecular flexibility index (Phi) is 3.09. The number of rotatable bonds is 1. The normalized spacial score (nSPS) is 43.5. The molecule has 0 aromatic heterocycles. The van der Waals surface area contributed by atoms with Gasteiger partial charge in [-0.2, -0.15) is 0 Å². The molecule has 1 rings (SSSR count). The monoisotopic (exact) mass is 173 g/mol. The van der Waals surface area contributed by atoms with Crippen LogP contribution in [0.1, 0.15) is 20.3 Å². The maximum absolute atomic E-state index is 9.56. The first-order chi connectivity index (χ1) is 5.52. The summed E-state index contributed by atoms with van der Waals surface area (Å²) in [6.45, 7) is 3.99. The van der Waals surface area contributed by atoms with Gasteiger partial charge in [0, 0.05) is 6.04 Å². The maximum atomic E-state index is 9.56. The molecule has 3 heteroatoms. The summed E-state index contributed by atoms with van der Waals surface area (Å²) in [5.41, 5.74) is 0. The van der Waals surface area contributed by atoms with Crippen molar-refractivity contribution < 1.29 is 9.84 Å². The van der Waals surface area contributed by atoms with E-state index in [1.54, 1.807) is 0 Å². The molecule has 4 unspecified atom stereocenters. The molecule has 0 aromatic rings. The second-order valence-corrected chi connectivity index (χ2v) is 3.88. The molecule has 0 aliphatic carbocycles. The maximum Gasteiger partial charge on any atom is 0.0815 e. The number of aliphatic hydroxyl groups excluding tert-OH is 1. The summed E-state index contributed by atoms with van der Waals surface area (Å²) in [5.74, 6) is 0. The third kappa shape index (κ3) is 1.97. The number of aliphatic hydroxyl groups is 1. The van der Waals surface area contributed by atoms with E-state index in [1.807, 2.05) is 21.0 Å². The van der Waals surface area contributed by atoms with Gasteiger partial charge in [-0.15, -0.1) is 0 Å². The van der Waals surface area contributed by atoms with Crippen LogP contribution in [0, 0.1) is 0 Å². The average molecular weight is 173 g/mol. The van der Waals surface area contributed by atoms with E-state index >= 15 is 0 Å². The van der Waals surface area contributed by atoms with Gasteiger partial charge in [0.25, 0.3) is 0 Å². The number of likely N-dealkylation sites (N-methyl/N-ethyl adjacent to an activating group) is 1. The Morgan fingerprint density at radius 3 is 2.33 bits per heavy atom. The van der Waals surface area contributed by atoms with Gasteiger partial charge in [-0.25, -0.2) is 0 Å². The van der Waals surface area contributed by atoms with Crippen molar-refractivity contribution in [3.8, 4) is 0 Å². The Hall–Kier alpha value is -0.120. The lowest BCUT2D eigenvalue weighted by atomic mass is 9.97. The van der Waals surface area contributed by atoms with Crippen molar-refractivity contribution in [3.63, 3.8) is 0 Å². The van der Waals surface area contributed by atoms with Crippen LogP contribution in [0.2, 0.25) is 0 Å². The van der Waals surface area contributed by atoms with E-state index in [9.17, 15) is 5.11 Å². The molecule has 1 aliphatic rings. The van der Waals surface area contributed by atoms with Crippen LogP contribution >= 0.6 is 0 Å². The Balaban J connectivity index is 2.55. The van der Waals surface area contributed by atoms with E-state index in [0.717, 1.165) is 6.42 Å². The fraction of sp³-hybridized carbons (Fsp3) is 1.00. The molecule has 4 atom stereocenters. The summed E-state index contributed by atoms with van der Waals surface area (Å²) in [6, 6.07) is 0.344. The van der Waals surface area contributed by atoms with Crippen LogP contribution in [0.25, 0.3) is 0 Å². The van der Waals surface area contributed by atoms with E-state index in [4.69, 9.17) is 4.74 Å². The lowest BCUT2D eigenvalue weighted by Gasteiger charge is -2.39. The van der Waals surface area contributed by atoms with Crippen molar-refractivity contribution in [2.75, 3.05) is 14.1 Å². The molecule has 0 radical (unpaired) electrons. The molecule has 1 saturated heterocycles. The first-order valence-corrected chi connectivity index (χ1v) is 4.52. The van der Waals surface area contributed by atoms with Gasteiger partial charge < -0.3 is 14.7 Å². The fourth-order valence-corrected chi connectivity index (χ4v) is 1.78. The first kappa shape index (κ1) is 9.96. The van der Waals surface area contributed by atoms with Crippen LogP contribution in [0.4, 0.5) is 0 Å². The Labute approximate surface area is 74.3 Å². The molecule has 0 saturated carbocycles. The zero-order chi connectivity index (χ0) is 9.30. The molecule has 0 bridgehead atoms. The van der Waals surface area contributed by atoms with E-state index in [1.165, 1.54) is 0 Å². The smallest absolute Gasteiger partial charge is 0.0815 e. The molecular formula is C9H19NO2. The predicted octanol–water partition coefficient (Wildman–Crippen LogP) is 0.475. The summed E-state index contributed by atoms with van der Waals surface area (Å²) in [4.78, 5) is 2.11. The second kappa shape index (κ2) is 3.73. The third-order valence-electron chi connectivity index (χ3n) is 2.66. The van der Waals surface area contributed by atoms with Gasteiger partial charge in [-0.05, 0) is 34.4 Å². The van der Waals surface area contributed by atoms with Crippen LogP contribution in [0.15, 0.2) is 0 Å². The van der Waals surface area contributed by atoms with Gasteiger partial charge in [0.2, 0.25) is 0 Å². The minimum absolute atomic E-state index is 0.0174. The minimum Gasteiger partial charge on any atom is -0.390 e. The highest BCUT2D eigenvalue weighted by atomic mass is 16.5. The molecule has 1 N–H and O–H groups in total. The van der Waals surface area contributed by atoms with Gasteiger partial charge in [0.05, 0.1) is 18.3 Å². The molecule has 0 aromatic carbocycles. The molecule has 72 valence electrons. The number of hydrogen-bond acceptors (Lipinski definition) is 3. The Bertz CT molecular complexity index is 149. The number of ether oxygens (including phenoxy) is 1. The zero-order valence-corrected chi connectivity index (χ0v) is 8.32. The van der Waals surface area contributed by atoms with E-state index in [-0.39, 0.29) is 18.3 Å². The van der Waals surface area contributed by atoms with Gasteiger partial charge in [-0.1, -0.05) is 0 Å². The number of nitrogens with zero attached hydrogens (tertiary/aromatic N) is 1. The van der Waals surface area contributed by atoms with Crippen LogP contribution < -0.4 is 0 Å². The van der Waals surface area contributed by atoms with Gasteiger partial charge >= 0.3 is 0 Å². The molecular weight excluding hydrogens is 154 g/mol. The van der Waals surface area contributed by atoms with Gasteiger partial charge in [-0.3, -0.25) is 0 Å². The Morgan fingerprint density at radius 2 is 1.83 bits per heavy atom. The van der Waals surface area contributed by atoms with Crippen LogP contribution in [-0.2, 0) is 4.74 Å². The van der Waals surface area contributed by atoms with Crippen LogP contribution in [-0.4, -0.2) is 48.5 Å². The van der Waals surface area contributed by atoms with E-state index in [0.29, 0.717) is 6.04 Å². The highest BCUT2D eigenvalue weighted by Gasteiger charge is 2.33. The summed E-state index contributed by atoms with van der Waals surface area (Å²) in [7, 11) is 4.04. The van der Waals surface area contributed by atoms with E-state index in [2.05, 4.69) is 11.8 Å². The topological polar surface area (TPSA) is 32.7 Å². The standard InChI is InChI=1S/C9H19NO2/c1-6-8(10(3)4)5-9(11)7(2)12-6/h6-9,11H,5H2,1-4H3. The summed E-state index contributed by atoms with van der Waals surface area (Å²) < 4.78 is 5.58. The quantitative estimate of drug-likeness (QED) is 0.626. The third-order valence-corrected chi connectivity index (χ3v) is 2.66. The van der Waals surface area contributed by atoms with Crippen molar-refractivity contribution >= 4 is 0 Å². The summed E-state index contributed by atoms with van der Waals surface area (Å²) in [5, 5.41) is 9.56. The molecule has 1 fully saturated rings. The lowest BCUT2D eigenvalue weighted by Crippen LogP contribution is -2.50. The molecule has 0 amide bonds. The minimum atomic E-state index is -0.311. The first-order valence-electron chi connectivity index (χ1n) is 4.52. The van der Waals surface area contributed by atoms with Crippen LogP contribution in [0.3, 0.4) is 0 Å². The highest BCUT2D eigenvalue weighted by molar-refractivity contribution is 4.85. The largest absolute Gasteiger partial charge is 0.390 e. The predicted molar refractivity (Wildman–Crippen MR) is 48.1 cm³/mol. The molecule has 3 nitrogen and oxygen atoms in total. The van der Waals surface area contributed by atoms with Crippen molar-refractivity contribution in [2.24, 2.45) is 0 Å². The summed E-state index contributed by atoms with van der Waals surface area (Å²) in [6.07, 6.45) is 0.707. The summed E-state index contributed by atoms with van der Waals surface area (Å²) >= 11 is 0. The molecule has 1 heterocycles. The van der Waals surface area contributed by atoms with Crippen molar-refractivity contribution in [1.82, 2.24) is 4.90 Å². The second-order valence-electron chi connectivity index (χ2n) is 3.88. The average Bonchev–Trinajstić information content (AvgIpc) is 1.96. The Morgan fingerprint density at radius 1 is 1.25 bits per heavy atom.